The highest BCUT2D eigenvalue weighted by Gasteiger charge is 2.33. The van der Waals surface area contributed by atoms with Crippen LogP contribution in [0.5, 0.6) is 0 Å². The topological polar surface area (TPSA) is 118 Å². The maximum Gasteiger partial charge on any atom is 0.225 e. The molecule has 2 aliphatic heterocycles. The van der Waals surface area contributed by atoms with Crippen LogP contribution >= 0.6 is 11.8 Å². The molecule has 2 fully saturated rings. The van der Waals surface area contributed by atoms with E-state index in [0.29, 0.717) is 17.9 Å². The molecule has 0 aromatic carbocycles. The Morgan fingerprint density at radius 3 is 2.47 bits per heavy atom. The normalized spacial score (nSPS) is 17.9. The first-order valence-electron chi connectivity index (χ1n) is 13.2. The van der Waals surface area contributed by atoms with E-state index < -0.39 is 0 Å². The molecule has 2 aromatic rings. The fourth-order valence-electron chi connectivity index (χ4n) is 5.10. The van der Waals surface area contributed by atoms with Gasteiger partial charge in [0.25, 0.3) is 0 Å². The molecule has 10 heteroatoms. The van der Waals surface area contributed by atoms with Gasteiger partial charge in [0.15, 0.2) is 5.82 Å². The van der Waals surface area contributed by atoms with Gasteiger partial charge >= 0.3 is 0 Å². The smallest absolute Gasteiger partial charge is 0.225 e. The predicted octanol–water partition coefficient (Wildman–Crippen LogP) is 3.24. The Morgan fingerprint density at radius 2 is 1.81 bits per heavy atom. The summed E-state index contributed by atoms with van der Waals surface area (Å²) in [4.78, 5) is 32.9. The molecule has 2 aliphatic rings. The maximum atomic E-state index is 13.3. The molecule has 0 aliphatic carbocycles. The number of nitrogens with zero attached hydrogens (tertiary/aromatic N) is 6. The van der Waals surface area contributed by atoms with Crippen molar-refractivity contribution in [3.8, 4) is 0 Å². The summed E-state index contributed by atoms with van der Waals surface area (Å²) in [6.07, 6.45) is 11.5. The van der Waals surface area contributed by atoms with E-state index in [1.54, 1.807) is 12.4 Å². The van der Waals surface area contributed by atoms with Gasteiger partial charge in [-0.2, -0.15) is 0 Å². The number of hydrogen-bond acceptors (Lipinski definition) is 9. The maximum absolute atomic E-state index is 13.3. The van der Waals surface area contributed by atoms with Gasteiger partial charge in [-0.05, 0) is 63.1 Å². The quantitative estimate of drug-likeness (QED) is 0.365. The lowest BCUT2D eigenvalue weighted by Gasteiger charge is -2.41. The van der Waals surface area contributed by atoms with Gasteiger partial charge in [-0.1, -0.05) is 13.3 Å². The minimum atomic E-state index is 0.118. The lowest BCUT2D eigenvalue weighted by atomic mass is 9.93. The molecule has 0 radical (unpaired) electrons. The number of hydrogen-bond donors (Lipinski definition) is 2. The highest BCUT2D eigenvalue weighted by molar-refractivity contribution is 7.99. The van der Waals surface area contributed by atoms with Crippen LogP contribution in [0.4, 0.5) is 17.5 Å². The molecule has 0 atom stereocenters. The average Bonchev–Trinajstić information content (AvgIpc) is 2.91. The van der Waals surface area contributed by atoms with E-state index in [1.807, 2.05) is 30.1 Å². The lowest BCUT2D eigenvalue weighted by molar-refractivity contribution is -0.138. The second-order valence-electron chi connectivity index (χ2n) is 9.83. The van der Waals surface area contributed by atoms with Crippen LogP contribution in [-0.4, -0.2) is 74.5 Å². The van der Waals surface area contributed by atoms with Crippen LogP contribution in [-0.2, 0) is 11.3 Å². The number of aromatic nitrogens is 3. The summed E-state index contributed by atoms with van der Waals surface area (Å²) in [5, 5.41) is 0. The highest BCUT2D eigenvalue weighted by atomic mass is 32.2. The van der Waals surface area contributed by atoms with Crippen LogP contribution < -0.4 is 16.4 Å². The Hall–Kier alpha value is -2.59. The number of carbonyl (C=O) groups is 1. The number of likely N-dealkylation sites (tertiary alicyclic amines) is 2. The van der Waals surface area contributed by atoms with Crippen molar-refractivity contribution in [2.45, 2.75) is 58.0 Å². The number of rotatable bonds is 10. The minimum absolute atomic E-state index is 0.118. The number of anilines is 3. The zero-order valence-corrected chi connectivity index (χ0v) is 22.2. The van der Waals surface area contributed by atoms with E-state index >= 15 is 0 Å². The largest absolute Gasteiger partial charge is 0.396 e. The molecule has 196 valence electrons. The molecule has 9 nitrogen and oxygen atoms in total. The van der Waals surface area contributed by atoms with Crippen molar-refractivity contribution < 1.29 is 4.79 Å². The van der Waals surface area contributed by atoms with Crippen molar-refractivity contribution in [1.29, 1.82) is 0 Å². The molecule has 4 N–H and O–H groups in total. The van der Waals surface area contributed by atoms with Gasteiger partial charge < -0.3 is 21.3 Å². The summed E-state index contributed by atoms with van der Waals surface area (Å²) in [7, 11) is 0. The van der Waals surface area contributed by atoms with Gasteiger partial charge in [-0.25, -0.2) is 15.0 Å². The Morgan fingerprint density at radius 1 is 1.08 bits per heavy atom. The van der Waals surface area contributed by atoms with E-state index in [-0.39, 0.29) is 5.92 Å². The molecule has 0 saturated carbocycles. The number of amides is 1. The molecule has 2 saturated heterocycles. The Balaban J connectivity index is 1.27. The second kappa shape index (κ2) is 13.1. The van der Waals surface area contributed by atoms with Crippen molar-refractivity contribution in [2.24, 2.45) is 5.92 Å². The number of thioether (sulfide) groups is 1. The van der Waals surface area contributed by atoms with Crippen LogP contribution in [0.2, 0.25) is 0 Å². The number of piperidine rings is 2. The molecule has 4 heterocycles. The zero-order chi connectivity index (χ0) is 25.3. The van der Waals surface area contributed by atoms with Crippen molar-refractivity contribution in [3.05, 3.63) is 36.3 Å². The zero-order valence-electron chi connectivity index (χ0n) is 21.4. The standard InChI is InChI=1S/C26H40N8OS/c1-2-3-15-36-19-34(24-23(27)5-4-10-29-24)22-8-13-33(14-9-22)25(35)21-6-11-32(12-7-21)18-20-16-30-26(28)31-17-20/h4-5,10,16-17,21-22H,2-3,6-9,11-15,18-19,27H2,1H3,(H2,28,30,31). The molecule has 4 rings (SSSR count). The molecule has 1 amide bonds. The summed E-state index contributed by atoms with van der Waals surface area (Å²) < 4.78 is 0. The van der Waals surface area contributed by atoms with E-state index in [1.165, 1.54) is 12.8 Å². The van der Waals surface area contributed by atoms with Gasteiger partial charge in [-0.15, -0.1) is 11.8 Å². The number of nitrogens with two attached hydrogens (primary N) is 2. The van der Waals surface area contributed by atoms with Crippen LogP contribution in [0.3, 0.4) is 0 Å². The summed E-state index contributed by atoms with van der Waals surface area (Å²) in [6, 6.07) is 4.17. The SMILES string of the molecule is CCCCSCN(c1ncccc1N)C1CCN(C(=O)C2CCN(Cc3cnc(N)nc3)CC2)CC1. The van der Waals surface area contributed by atoms with Gasteiger partial charge in [0.1, 0.15) is 0 Å². The van der Waals surface area contributed by atoms with Crippen molar-refractivity contribution >= 4 is 35.1 Å². The monoisotopic (exact) mass is 512 g/mol. The van der Waals surface area contributed by atoms with Crippen LogP contribution in [0.25, 0.3) is 0 Å². The van der Waals surface area contributed by atoms with E-state index in [9.17, 15) is 4.79 Å². The molecule has 2 aromatic heterocycles. The Kier molecular flexibility index (Phi) is 9.63. The van der Waals surface area contributed by atoms with Crippen molar-refractivity contribution in [2.75, 3.05) is 54.2 Å². The summed E-state index contributed by atoms with van der Waals surface area (Å²) in [6.45, 7) is 6.46. The van der Waals surface area contributed by atoms with Crippen LogP contribution in [0.15, 0.2) is 30.7 Å². The fraction of sp³-hybridized carbons (Fsp3) is 0.615. The summed E-state index contributed by atoms with van der Waals surface area (Å²) in [5.41, 5.74) is 13.7. The van der Waals surface area contributed by atoms with E-state index in [0.717, 1.165) is 87.1 Å². The first kappa shape index (κ1) is 26.5. The third-order valence-electron chi connectivity index (χ3n) is 7.25. The Labute approximate surface area is 219 Å². The summed E-state index contributed by atoms with van der Waals surface area (Å²) >= 11 is 1.95. The molecule has 36 heavy (non-hydrogen) atoms. The van der Waals surface area contributed by atoms with Crippen LogP contribution in [0.1, 0.15) is 51.0 Å². The van der Waals surface area contributed by atoms with Crippen molar-refractivity contribution in [3.63, 3.8) is 0 Å². The number of pyridine rings is 1. The molecular weight excluding hydrogens is 472 g/mol. The van der Waals surface area contributed by atoms with E-state index in [2.05, 4.69) is 36.6 Å². The predicted molar refractivity (Wildman–Crippen MR) is 147 cm³/mol. The fourth-order valence-corrected chi connectivity index (χ4v) is 6.25. The highest BCUT2D eigenvalue weighted by Crippen LogP contribution is 2.30. The van der Waals surface area contributed by atoms with Crippen LogP contribution in [0, 0.1) is 5.92 Å². The first-order valence-corrected chi connectivity index (χ1v) is 14.3. The molecular formula is C26H40N8OS. The summed E-state index contributed by atoms with van der Waals surface area (Å²) in [5.74, 6) is 3.65. The molecule has 0 unspecified atom stereocenters. The van der Waals surface area contributed by atoms with Gasteiger partial charge in [-0.3, -0.25) is 9.69 Å². The lowest BCUT2D eigenvalue weighted by Crippen LogP contribution is -2.50. The average molecular weight is 513 g/mol. The molecule has 0 spiro atoms. The molecule has 0 bridgehead atoms. The van der Waals surface area contributed by atoms with Gasteiger partial charge in [0, 0.05) is 55.7 Å². The third-order valence-corrected chi connectivity index (χ3v) is 8.28. The van der Waals surface area contributed by atoms with E-state index in [4.69, 9.17) is 11.5 Å². The first-order chi connectivity index (χ1) is 17.5. The number of nitrogen functional groups attached to an aromatic ring is 2. The second-order valence-corrected chi connectivity index (χ2v) is 10.9. The Bertz CT molecular complexity index is 959. The minimum Gasteiger partial charge on any atom is -0.396 e. The third kappa shape index (κ3) is 7.00. The van der Waals surface area contributed by atoms with Gasteiger partial charge in [0.2, 0.25) is 11.9 Å². The van der Waals surface area contributed by atoms with Crippen molar-refractivity contribution in [1.82, 2.24) is 24.8 Å². The number of carbonyl (C=O) groups excluding carboxylic acids is 1. The van der Waals surface area contributed by atoms with Gasteiger partial charge in [0.05, 0.1) is 11.6 Å². The number of unbranched alkanes of at least 4 members (excludes halogenated alkanes) is 1.